The molecule has 19 heavy (non-hydrogen) atoms. The van der Waals surface area contributed by atoms with E-state index in [1.165, 1.54) is 5.56 Å². The summed E-state index contributed by atoms with van der Waals surface area (Å²) in [6.07, 6.45) is 0.0194. The molecular weight excluding hydrogens is 238 g/mol. The van der Waals surface area contributed by atoms with E-state index in [9.17, 15) is 5.11 Å². The van der Waals surface area contributed by atoms with Crippen LogP contribution in [-0.2, 0) is 4.74 Å². The summed E-state index contributed by atoms with van der Waals surface area (Å²) in [5.74, 6) is 0. The highest BCUT2D eigenvalue weighted by molar-refractivity contribution is 5.24. The van der Waals surface area contributed by atoms with Gasteiger partial charge in [-0.15, -0.1) is 0 Å². The van der Waals surface area contributed by atoms with E-state index in [-0.39, 0.29) is 18.2 Å². The van der Waals surface area contributed by atoms with Crippen molar-refractivity contribution in [1.82, 2.24) is 4.90 Å². The second-order valence-electron chi connectivity index (χ2n) is 5.81. The first kappa shape index (κ1) is 14.5. The SMILES string of the molecule is Cc1ccc(C(O)C(C)N2CC(C)OC(C)C2)cc1. The maximum Gasteiger partial charge on any atom is 0.0942 e. The second-order valence-corrected chi connectivity index (χ2v) is 5.81. The Kier molecular flexibility index (Phi) is 4.61. The minimum Gasteiger partial charge on any atom is -0.387 e. The van der Waals surface area contributed by atoms with Crippen molar-refractivity contribution in [2.24, 2.45) is 0 Å². The largest absolute Gasteiger partial charge is 0.387 e. The van der Waals surface area contributed by atoms with E-state index >= 15 is 0 Å². The number of ether oxygens (including phenoxy) is 1. The fraction of sp³-hybridized carbons (Fsp3) is 0.625. The number of rotatable bonds is 3. The topological polar surface area (TPSA) is 32.7 Å². The zero-order valence-corrected chi connectivity index (χ0v) is 12.3. The molecule has 2 rings (SSSR count). The van der Waals surface area contributed by atoms with Crippen LogP contribution >= 0.6 is 0 Å². The van der Waals surface area contributed by atoms with Crippen LogP contribution in [0.5, 0.6) is 0 Å². The molecule has 0 bridgehead atoms. The molecule has 4 atom stereocenters. The Bertz CT molecular complexity index is 394. The van der Waals surface area contributed by atoms with Crippen molar-refractivity contribution in [3.63, 3.8) is 0 Å². The first-order valence-electron chi connectivity index (χ1n) is 7.11. The van der Waals surface area contributed by atoms with Crippen molar-refractivity contribution in [3.05, 3.63) is 35.4 Å². The molecule has 0 aliphatic carbocycles. The van der Waals surface area contributed by atoms with Gasteiger partial charge in [-0.2, -0.15) is 0 Å². The van der Waals surface area contributed by atoms with Crippen molar-refractivity contribution in [1.29, 1.82) is 0 Å². The maximum absolute atomic E-state index is 10.5. The molecule has 0 spiro atoms. The number of aliphatic hydroxyl groups is 1. The van der Waals surface area contributed by atoms with Crippen LogP contribution in [0.25, 0.3) is 0 Å². The first-order valence-corrected chi connectivity index (χ1v) is 7.11. The van der Waals surface area contributed by atoms with Crippen molar-refractivity contribution in [2.75, 3.05) is 13.1 Å². The Labute approximate surface area is 116 Å². The van der Waals surface area contributed by atoms with Crippen LogP contribution in [0.2, 0.25) is 0 Å². The van der Waals surface area contributed by atoms with Crippen LogP contribution in [0.3, 0.4) is 0 Å². The van der Waals surface area contributed by atoms with E-state index in [0.717, 1.165) is 18.7 Å². The lowest BCUT2D eigenvalue weighted by Crippen LogP contribution is -2.50. The molecule has 0 amide bonds. The molecule has 1 aliphatic heterocycles. The molecule has 0 radical (unpaired) electrons. The van der Waals surface area contributed by atoms with E-state index in [4.69, 9.17) is 4.74 Å². The van der Waals surface area contributed by atoms with Gasteiger partial charge in [0.15, 0.2) is 0 Å². The van der Waals surface area contributed by atoms with E-state index in [1.54, 1.807) is 0 Å². The van der Waals surface area contributed by atoms with Crippen LogP contribution in [-0.4, -0.2) is 41.3 Å². The van der Waals surface area contributed by atoms with Gasteiger partial charge < -0.3 is 9.84 Å². The molecule has 0 saturated carbocycles. The van der Waals surface area contributed by atoms with Crippen LogP contribution in [0.15, 0.2) is 24.3 Å². The Morgan fingerprint density at radius 3 is 2.21 bits per heavy atom. The lowest BCUT2D eigenvalue weighted by atomic mass is 10.00. The van der Waals surface area contributed by atoms with Crippen LogP contribution < -0.4 is 0 Å². The molecule has 1 fully saturated rings. The van der Waals surface area contributed by atoms with Gasteiger partial charge in [0.2, 0.25) is 0 Å². The Balaban J connectivity index is 2.05. The van der Waals surface area contributed by atoms with Crippen LogP contribution in [0.1, 0.15) is 38.0 Å². The van der Waals surface area contributed by atoms with E-state index < -0.39 is 6.10 Å². The quantitative estimate of drug-likeness (QED) is 0.909. The Morgan fingerprint density at radius 1 is 1.16 bits per heavy atom. The minimum atomic E-state index is -0.446. The van der Waals surface area contributed by atoms with E-state index in [1.807, 2.05) is 12.1 Å². The van der Waals surface area contributed by atoms with Crippen LogP contribution in [0.4, 0.5) is 0 Å². The molecule has 1 aliphatic rings. The number of morpholine rings is 1. The van der Waals surface area contributed by atoms with Gasteiger partial charge in [-0.1, -0.05) is 29.8 Å². The average Bonchev–Trinajstić information content (AvgIpc) is 2.37. The third kappa shape index (κ3) is 3.56. The molecule has 0 aromatic heterocycles. The Hall–Kier alpha value is -0.900. The smallest absolute Gasteiger partial charge is 0.0942 e. The number of aryl methyl sites for hydroxylation is 1. The predicted octanol–water partition coefficient (Wildman–Crippen LogP) is 2.53. The lowest BCUT2D eigenvalue weighted by molar-refractivity contribution is -0.0931. The molecule has 1 N–H and O–H groups in total. The van der Waals surface area contributed by atoms with Gasteiger partial charge in [0.1, 0.15) is 0 Å². The van der Waals surface area contributed by atoms with Crippen molar-refractivity contribution in [3.8, 4) is 0 Å². The zero-order valence-electron chi connectivity index (χ0n) is 12.3. The highest BCUT2D eigenvalue weighted by Crippen LogP contribution is 2.24. The van der Waals surface area contributed by atoms with Gasteiger partial charge in [0, 0.05) is 19.1 Å². The molecule has 1 heterocycles. The third-order valence-corrected chi connectivity index (χ3v) is 3.90. The molecule has 106 valence electrons. The Morgan fingerprint density at radius 2 is 1.68 bits per heavy atom. The molecule has 4 unspecified atom stereocenters. The highest BCUT2D eigenvalue weighted by Gasteiger charge is 2.29. The fourth-order valence-corrected chi connectivity index (χ4v) is 2.79. The van der Waals surface area contributed by atoms with Gasteiger partial charge in [-0.25, -0.2) is 0 Å². The highest BCUT2D eigenvalue weighted by atomic mass is 16.5. The molecule has 1 saturated heterocycles. The van der Waals surface area contributed by atoms with Gasteiger partial charge in [-0.05, 0) is 33.3 Å². The summed E-state index contributed by atoms with van der Waals surface area (Å²) >= 11 is 0. The van der Waals surface area contributed by atoms with E-state index in [2.05, 4.69) is 44.7 Å². The number of benzene rings is 1. The van der Waals surface area contributed by atoms with Crippen molar-refractivity contribution < 1.29 is 9.84 Å². The fourth-order valence-electron chi connectivity index (χ4n) is 2.79. The molecule has 1 aromatic carbocycles. The zero-order chi connectivity index (χ0) is 14.0. The minimum absolute atomic E-state index is 0.108. The summed E-state index contributed by atoms with van der Waals surface area (Å²) in [6.45, 7) is 10.1. The van der Waals surface area contributed by atoms with Crippen LogP contribution in [0, 0.1) is 6.92 Å². The maximum atomic E-state index is 10.5. The molecule has 3 heteroatoms. The third-order valence-electron chi connectivity index (χ3n) is 3.90. The molecule has 1 aromatic rings. The summed E-state index contributed by atoms with van der Waals surface area (Å²) in [5.41, 5.74) is 2.21. The number of hydrogen-bond acceptors (Lipinski definition) is 3. The standard InChI is InChI=1S/C16H25NO2/c1-11-5-7-15(8-6-11)16(18)14(4)17-9-12(2)19-13(3)10-17/h5-8,12-14,16,18H,9-10H2,1-4H3. The summed E-state index contributed by atoms with van der Waals surface area (Å²) in [5, 5.41) is 10.5. The van der Waals surface area contributed by atoms with Gasteiger partial charge >= 0.3 is 0 Å². The average molecular weight is 263 g/mol. The van der Waals surface area contributed by atoms with E-state index in [0.29, 0.717) is 0 Å². The second kappa shape index (κ2) is 6.04. The summed E-state index contributed by atoms with van der Waals surface area (Å²) in [4.78, 5) is 2.32. The van der Waals surface area contributed by atoms with Crippen molar-refractivity contribution >= 4 is 0 Å². The van der Waals surface area contributed by atoms with Gasteiger partial charge in [0.05, 0.1) is 18.3 Å². The van der Waals surface area contributed by atoms with Gasteiger partial charge in [0.25, 0.3) is 0 Å². The summed E-state index contributed by atoms with van der Waals surface area (Å²) < 4.78 is 5.74. The van der Waals surface area contributed by atoms with Gasteiger partial charge in [-0.3, -0.25) is 4.90 Å². The molecular formula is C16H25NO2. The summed E-state index contributed by atoms with van der Waals surface area (Å²) in [7, 11) is 0. The lowest BCUT2D eigenvalue weighted by Gasteiger charge is -2.40. The first-order chi connectivity index (χ1) is 8.97. The normalized spacial score (nSPS) is 28.1. The predicted molar refractivity (Wildman–Crippen MR) is 77.2 cm³/mol. The molecule has 3 nitrogen and oxygen atoms in total. The monoisotopic (exact) mass is 263 g/mol. The van der Waals surface area contributed by atoms with Crippen molar-refractivity contribution in [2.45, 2.75) is 52.0 Å². The number of nitrogens with zero attached hydrogens (tertiary/aromatic N) is 1. The summed E-state index contributed by atoms with van der Waals surface area (Å²) in [6, 6.07) is 8.25. The number of aliphatic hydroxyl groups excluding tert-OH is 1. The number of hydrogen-bond donors (Lipinski definition) is 1.